The Kier molecular flexibility index (Phi) is 4.14. The van der Waals surface area contributed by atoms with Gasteiger partial charge in [-0.15, -0.1) is 0 Å². The van der Waals surface area contributed by atoms with Gasteiger partial charge in [-0.25, -0.2) is 4.98 Å². The second kappa shape index (κ2) is 4.75. The number of hydrogen-bond acceptors (Lipinski definition) is 2. The lowest BCUT2D eigenvalue weighted by atomic mass is 10.3. The third kappa shape index (κ3) is 3.35. The van der Waals surface area contributed by atoms with E-state index in [1.165, 1.54) is 6.07 Å². The van der Waals surface area contributed by atoms with E-state index in [1.807, 2.05) is 6.92 Å². The van der Waals surface area contributed by atoms with Crippen LogP contribution in [0.4, 0.5) is 0 Å². The van der Waals surface area contributed by atoms with Gasteiger partial charge in [0.1, 0.15) is 5.15 Å². The Balaban J connectivity index is 3.07. The highest BCUT2D eigenvalue weighted by atomic mass is 35.6. The smallest absolute Gasteiger partial charge is 0.216 e. The highest BCUT2D eigenvalue weighted by molar-refractivity contribution is 6.66. The normalized spacial score (nSPS) is 11.5. The van der Waals surface area contributed by atoms with Gasteiger partial charge in [0, 0.05) is 11.6 Å². The van der Waals surface area contributed by atoms with Crippen molar-refractivity contribution in [3.63, 3.8) is 0 Å². The fraction of sp³-hybridized carbons (Fsp3) is 0.375. The van der Waals surface area contributed by atoms with Crippen molar-refractivity contribution in [3.05, 3.63) is 22.8 Å². The number of ether oxygens (including phenoxy) is 1. The second-order valence-corrected chi connectivity index (χ2v) is 5.12. The highest BCUT2D eigenvalue weighted by Gasteiger charge is 2.24. The molecule has 1 aromatic rings. The van der Waals surface area contributed by atoms with E-state index in [9.17, 15) is 0 Å². The SMILES string of the molecule is CCOc1cc(C(Cl)(Cl)Cl)cc(Cl)n1. The molecule has 1 heterocycles. The number of halogens is 4. The van der Waals surface area contributed by atoms with Crippen LogP contribution in [-0.2, 0) is 3.79 Å². The number of aromatic nitrogens is 1. The summed E-state index contributed by atoms with van der Waals surface area (Å²) in [5, 5.41) is 0.234. The molecule has 14 heavy (non-hydrogen) atoms. The first-order valence-corrected chi connectivity index (χ1v) is 5.32. The molecule has 0 bridgehead atoms. The molecule has 1 aromatic heterocycles. The molecule has 0 aliphatic carbocycles. The molecule has 78 valence electrons. The Morgan fingerprint density at radius 2 is 2.00 bits per heavy atom. The van der Waals surface area contributed by atoms with Crippen LogP contribution in [0, 0.1) is 0 Å². The molecule has 0 fully saturated rings. The van der Waals surface area contributed by atoms with Gasteiger partial charge >= 0.3 is 0 Å². The van der Waals surface area contributed by atoms with Gasteiger partial charge in [0.25, 0.3) is 0 Å². The van der Waals surface area contributed by atoms with E-state index in [2.05, 4.69) is 4.98 Å². The molecule has 0 radical (unpaired) electrons. The molecule has 0 N–H and O–H groups in total. The van der Waals surface area contributed by atoms with Crippen molar-refractivity contribution in [1.82, 2.24) is 4.98 Å². The van der Waals surface area contributed by atoms with Gasteiger partial charge in [-0.1, -0.05) is 46.4 Å². The number of rotatable bonds is 2. The molecule has 0 aliphatic heterocycles. The van der Waals surface area contributed by atoms with E-state index < -0.39 is 3.79 Å². The standard InChI is InChI=1S/C8H7Cl4NO/c1-2-14-7-4-5(8(10,11)12)3-6(9)13-7/h3-4H,2H2,1H3. The van der Waals surface area contributed by atoms with Crippen LogP contribution in [-0.4, -0.2) is 11.6 Å². The average Bonchev–Trinajstić information content (AvgIpc) is 2.02. The summed E-state index contributed by atoms with van der Waals surface area (Å²) in [5.74, 6) is 0.348. The zero-order valence-electron chi connectivity index (χ0n) is 7.23. The van der Waals surface area contributed by atoms with Crippen LogP contribution in [0.1, 0.15) is 12.5 Å². The molecule has 0 atom stereocenters. The predicted octanol–water partition coefficient (Wildman–Crippen LogP) is 3.96. The van der Waals surface area contributed by atoms with Crippen molar-refractivity contribution in [2.45, 2.75) is 10.7 Å². The minimum atomic E-state index is -1.52. The summed E-state index contributed by atoms with van der Waals surface area (Å²) in [6.45, 7) is 2.31. The summed E-state index contributed by atoms with van der Waals surface area (Å²) < 4.78 is 3.64. The highest BCUT2D eigenvalue weighted by Crippen LogP contribution is 2.39. The molecule has 6 heteroatoms. The van der Waals surface area contributed by atoms with Gasteiger partial charge in [-0.3, -0.25) is 0 Å². The first kappa shape index (κ1) is 12.2. The fourth-order valence-corrected chi connectivity index (χ4v) is 1.39. The van der Waals surface area contributed by atoms with E-state index in [-0.39, 0.29) is 5.15 Å². The number of alkyl halides is 3. The molecule has 0 saturated heterocycles. The monoisotopic (exact) mass is 273 g/mol. The van der Waals surface area contributed by atoms with Gasteiger partial charge in [-0.05, 0) is 13.0 Å². The molecule has 0 aliphatic rings. The Hall–Kier alpha value is 0.110. The zero-order chi connectivity index (χ0) is 10.8. The summed E-state index contributed by atoms with van der Waals surface area (Å²) in [4.78, 5) is 3.90. The van der Waals surface area contributed by atoms with Gasteiger partial charge in [0.15, 0.2) is 0 Å². The molecular weight excluding hydrogens is 268 g/mol. The maximum atomic E-state index is 5.72. The lowest BCUT2D eigenvalue weighted by molar-refractivity contribution is 0.326. The van der Waals surface area contributed by atoms with Crippen LogP contribution < -0.4 is 4.74 Å². The number of pyridine rings is 1. The third-order valence-corrected chi connectivity index (χ3v) is 2.24. The predicted molar refractivity (Wildman–Crippen MR) is 59.7 cm³/mol. The van der Waals surface area contributed by atoms with Crippen LogP contribution >= 0.6 is 46.4 Å². The summed E-state index contributed by atoms with van der Waals surface area (Å²) in [7, 11) is 0. The van der Waals surface area contributed by atoms with Crippen molar-refractivity contribution >= 4 is 46.4 Å². The van der Waals surface area contributed by atoms with Crippen molar-refractivity contribution in [3.8, 4) is 5.88 Å². The van der Waals surface area contributed by atoms with Crippen molar-refractivity contribution in [2.24, 2.45) is 0 Å². The summed E-state index contributed by atoms with van der Waals surface area (Å²) in [5.41, 5.74) is 0.436. The average molecular weight is 275 g/mol. The van der Waals surface area contributed by atoms with Gasteiger partial charge in [0.05, 0.1) is 6.61 Å². The first-order chi connectivity index (χ1) is 6.43. The molecule has 1 rings (SSSR count). The quantitative estimate of drug-likeness (QED) is 0.602. The zero-order valence-corrected chi connectivity index (χ0v) is 10.3. The maximum Gasteiger partial charge on any atom is 0.216 e. The van der Waals surface area contributed by atoms with Crippen LogP contribution in [0.2, 0.25) is 5.15 Å². The summed E-state index contributed by atoms with van der Waals surface area (Å²) in [6.07, 6.45) is 0. The lowest BCUT2D eigenvalue weighted by Crippen LogP contribution is -2.03. The van der Waals surface area contributed by atoms with Crippen molar-refractivity contribution < 1.29 is 4.74 Å². The lowest BCUT2D eigenvalue weighted by Gasteiger charge is -2.12. The van der Waals surface area contributed by atoms with Crippen LogP contribution in [0.5, 0.6) is 5.88 Å². The van der Waals surface area contributed by atoms with Gasteiger partial charge in [0.2, 0.25) is 9.67 Å². The van der Waals surface area contributed by atoms with E-state index in [1.54, 1.807) is 6.07 Å². The van der Waals surface area contributed by atoms with E-state index in [0.717, 1.165) is 0 Å². The molecular formula is C8H7Cl4NO. The molecule has 2 nitrogen and oxygen atoms in total. The minimum absolute atomic E-state index is 0.234. The Bertz CT molecular complexity index is 324. The molecule has 0 spiro atoms. The van der Waals surface area contributed by atoms with E-state index in [4.69, 9.17) is 51.1 Å². The van der Waals surface area contributed by atoms with Crippen molar-refractivity contribution in [2.75, 3.05) is 6.61 Å². The first-order valence-electron chi connectivity index (χ1n) is 3.81. The van der Waals surface area contributed by atoms with Gasteiger partial charge in [-0.2, -0.15) is 0 Å². The topological polar surface area (TPSA) is 22.1 Å². The van der Waals surface area contributed by atoms with E-state index >= 15 is 0 Å². The molecule has 0 aromatic carbocycles. The molecule has 0 amide bonds. The number of hydrogen-bond donors (Lipinski definition) is 0. The summed E-state index contributed by atoms with van der Waals surface area (Å²) >= 11 is 22.8. The Morgan fingerprint density at radius 1 is 1.36 bits per heavy atom. The Morgan fingerprint density at radius 3 is 2.50 bits per heavy atom. The molecule has 0 unspecified atom stereocenters. The minimum Gasteiger partial charge on any atom is -0.478 e. The second-order valence-electron chi connectivity index (χ2n) is 2.45. The van der Waals surface area contributed by atoms with Gasteiger partial charge < -0.3 is 4.74 Å². The summed E-state index contributed by atoms with van der Waals surface area (Å²) in [6, 6.07) is 3.03. The third-order valence-electron chi connectivity index (χ3n) is 1.39. The number of nitrogens with zero attached hydrogens (tertiary/aromatic N) is 1. The van der Waals surface area contributed by atoms with Crippen LogP contribution in [0.25, 0.3) is 0 Å². The Labute approximate surface area is 102 Å². The maximum absolute atomic E-state index is 5.72. The van der Waals surface area contributed by atoms with E-state index in [0.29, 0.717) is 18.1 Å². The largest absolute Gasteiger partial charge is 0.478 e. The molecule has 0 saturated carbocycles. The van der Waals surface area contributed by atoms with Crippen molar-refractivity contribution in [1.29, 1.82) is 0 Å². The fourth-order valence-electron chi connectivity index (χ4n) is 0.858. The van der Waals surface area contributed by atoms with Crippen LogP contribution in [0.3, 0.4) is 0 Å². The van der Waals surface area contributed by atoms with Crippen LogP contribution in [0.15, 0.2) is 12.1 Å².